The Morgan fingerprint density at radius 3 is 1.96 bits per heavy atom. The van der Waals surface area contributed by atoms with E-state index in [4.69, 9.17) is 9.47 Å². The van der Waals surface area contributed by atoms with Gasteiger partial charge in [-0.25, -0.2) is 14.0 Å². The summed E-state index contributed by atoms with van der Waals surface area (Å²) in [6.07, 6.45) is 1.92. The van der Waals surface area contributed by atoms with Crippen LogP contribution in [0.15, 0.2) is 61.7 Å². The quantitative estimate of drug-likeness (QED) is 0.369. The number of esters is 2. The molecule has 0 fully saturated rings. The van der Waals surface area contributed by atoms with Gasteiger partial charge in [0.25, 0.3) is 0 Å². The van der Waals surface area contributed by atoms with Gasteiger partial charge in [0.15, 0.2) is 11.6 Å². The minimum atomic E-state index is -1.22. The lowest BCUT2D eigenvalue weighted by molar-refractivity contribution is -0.145. The monoisotopic (exact) mass is 390 g/mol. The molecule has 0 unspecified atom stereocenters. The molecular weight excluding hydrogens is 374 g/mol. The number of ether oxygens (including phenoxy) is 4. The summed E-state index contributed by atoms with van der Waals surface area (Å²) in [6.45, 7) is 5.56. The Labute approximate surface area is 159 Å². The summed E-state index contributed by atoms with van der Waals surface area (Å²) in [5.74, 6) is -3.76. The average molecular weight is 390 g/mol. The van der Waals surface area contributed by atoms with Gasteiger partial charge in [-0.1, -0.05) is 25.3 Å². The molecule has 146 valence electrons. The van der Waals surface area contributed by atoms with Crippen molar-refractivity contribution in [2.75, 3.05) is 13.6 Å². The maximum absolute atomic E-state index is 14.4. The number of carbonyl (C=O) groups excluding carboxylic acids is 2. The first-order chi connectivity index (χ1) is 13.5. The highest BCUT2D eigenvalue weighted by atomic mass is 19.2. The van der Waals surface area contributed by atoms with Crippen LogP contribution in [-0.2, 0) is 19.1 Å². The van der Waals surface area contributed by atoms with E-state index in [1.807, 2.05) is 0 Å². The van der Waals surface area contributed by atoms with E-state index < -0.39 is 36.1 Å². The van der Waals surface area contributed by atoms with Crippen molar-refractivity contribution in [3.63, 3.8) is 0 Å². The highest BCUT2D eigenvalue weighted by Gasteiger charge is 2.16. The first-order valence-electron chi connectivity index (χ1n) is 7.88. The zero-order valence-corrected chi connectivity index (χ0v) is 14.7. The molecule has 8 heteroatoms. The lowest BCUT2D eigenvalue weighted by Crippen LogP contribution is -2.09. The van der Waals surface area contributed by atoms with Crippen molar-refractivity contribution in [1.29, 1.82) is 0 Å². The van der Waals surface area contributed by atoms with Gasteiger partial charge in [0, 0.05) is 17.7 Å². The lowest BCUT2D eigenvalue weighted by Gasteiger charge is -2.11. The van der Waals surface area contributed by atoms with Crippen LogP contribution in [0.1, 0.15) is 0 Å². The van der Waals surface area contributed by atoms with Crippen molar-refractivity contribution in [3.05, 3.63) is 73.3 Å². The number of rotatable bonds is 9. The molecule has 0 amide bonds. The molecule has 0 aliphatic heterocycles. The van der Waals surface area contributed by atoms with Crippen LogP contribution >= 0.6 is 0 Å². The topological polar surface area (TPSA) is 71.1 Å². The Balaban J connectivity index is 2.05. The number of hydrogen-bond acceptors (Lipinski definition) is 6. The maximum Gasteiger partial charge on any atom is 0.333 e. The highest BCUT2D eigenvalue weighted by molar-refractivity contribution is 5.81. The number of benzene rings is 2. The molecule has 0 aliphatic rings. The first kappa shape index (κ1) is 20.6. The summed E-state index contributed by atoms with van der Waals surface area (Å²) in [5, 5.41) is 0. The van der Waals surface area contributed by atoms with E-state index in [0.717, 1.165) is 12.2 Å². The van der Waals surface area contributed by atoms with Crippen molar-refractivity contribution < 1.29 is 37.3 Å². The van der Waals surface area contributed by atoms with Gasteiger partial charge >= 0.3 is 11.9 Å². The van der Waals surface area contributed by atoms with Crippen LogP contribution in [0, 0.1) is 11.6 Å². The second kappa shape index (κ2) is 9.86. The van der Waals surface area contributed by atoms with Crippen molar-refractivity contribution >= 4 is 11.9 Å². The third-order valence-corrected chi connectivity index (χ3v) is 3.39. The molecule has 0 aromatic heterocycles. The summed E-state index contributed by atoms with van der Waals surface area (Å²) in [4.78, 5) is 21.8. The molecule has 2 aromatic rings. The van der Waals surface area contributed by atoms with Gasteiger partial charge in [0.2, 0.25) is 19.4 Å². The van der Waals surface area contributed by atoms with Crippen molar-refractivity contribution in [3.8, 4) is 22.6 Å². The predicted molar refractivity (Wildman–Crippen MR) is 95.4 cm³/mol. The van der Waals surface area contributed by atoms with E-state index in [9.17, 15) is 18.4 Å². The van der Waals surface area contributed by atoms with Gasteiger partial charge in [0.05, 0.1) is 0 Å². The smallest absolute Gasteiger partial charge is 0.333 e. The molecule has 0 N–H and O–H groups in total. The minimum Gasteiger partial charge on any atom is -0.457 e. The van der Waals surface area contributed by atoms with Gasteiger partial charge in [-0.15, -0.1) is 0 Å². The fraction of sp³-hybridized carbons (Fsp3) is 0.100. The molecule has 0 atom stereocenters. The van der Waals surface area contributed by atoms with E-state index in [0.29, 0.717) is 11.3 Å². The Hall–Kier alpha value is -3.68. The molecule has 0 saturated carbocycles. The van der Waals surface area contributed by atoms with Gasteiger partial charge < -0.3 is 18.9 Å². The summed E-state index contributed by atoms with van der Waals surface area (Å²) in [5.41, 5.74) is 0.383. The molecular formula is C20H16F2O6. The van der Waals surface area contributed by atoms with Crippen molar-refractivity contribution in [2.24, 2.45) is 0 Å². The van der Waals surface area contributed by atoms with Gasteiger partial charge in [-0.2, -0.15) is 4.39 Å². The number of hydrogen-bond donors (Lipinski definition) is 0. The van der Waals surface area contributed by atoms with Crippen LogP contribution in [-0.4, -0.2) is 25.5 Å². The Bertz CT molecular complexity index is 877. The van der Waals surface area contributed by atoms with Crippen LogP contribution in [0.3, 0.4) is 0 Å². The first-order valence-corrected chi connectivity index (χ1v) is 7.88. The highest BCUT2D eigenvalue weighted by Crippen LogP contribution is 2.30. The van der Waals surface area contributed by atoms with E-state index in [1.165, 1.54) is 36.4 Å². The maximum atomic E-state index is 14.4. The van der Waals surface area contributed by atoms with Crippen LogP contribution < -0.4 is 9.47 Å². The summed E-state index contributed by atoms with van der Waals surface area (Å²) in [7, 11) is 0. The fourth-order valence-electron chi connectivity index (χ4n) is 2.02. The largest absolute Gasteiger partial charge is 0.457 e. The van der Waals surface area contributed by atoms with Crippen molar-refractivity contribution in [2.45, 2.75) is 0 Å². The molecule has 2 aromatic carbocycles. The number of carbonyl (C=O) groups is 2. The lowest BCUT2D eigenvalue weighted by atomic mass is 10.0. The minimum absolute atomic E-state index is 0.00225. The van der Waals surface area contributed by atoms with Gasteiger partial charge in [-0.05, 0) is 29.8 Å². The predicted octanol–water partition coefficient (Wildman–Crippen LogP) is 3.76. The molecule has 0 spiro atoms. The second-order valence-corrected chi connectivity index (χ2v) is 5.12. The third-order valence-electron chi connectivity index (χ3n) is 3.39. The van der Waals surface area contributed by atoms with E-state index in [2.05, 4.69) is 22.6 Å². The standard InChI is InChI=1S/C20H16F2O6/c1-3-17(23)27-11-25-14-7-5-13(6-8-14)15-9-10-16(20(22)19(15)21)26-12-28-18(24)4-2/h3-10H,1-2,11-12H2. The molecule has 0 aliphatic carbocycles. The fourth-order valence-corrected chi connectivity index (χ4v) is 2.02. The van der Waals surface area contributed by atoms with Gasteiger partial charge in [0.1, 0.15) is 5.75 Å². The number of halogens is 2. The zero-order valence-electron chi connectivity index (χ0n) is 14.7. The average Bonchev–Trinajstić information content (AvgIpc) is 2.71. The second-order valence-electron chi connectivity index (χ2n) is 5.12. The Morgan fingerprint density at radius 1 is 0.821 bits per heavy atom. The van der Waals surface area contributed by atoms with Crippen LogP contribution in [0.25, 0.3) is 11.1 Å². The van der Waals surface area contributed by atoms with Crippen LogP contribution in [0.5, 0.6) is 11.5 Å². The molecule has 2 rings (SSSR count). The molecule has 28 heavy (non-hydrogen) atoms. The third kappa shape index (κ3) is 5.41. The Kier molecular flexibility index (Phi) is 7.27. The Morgan fingerprint density at radius 2 is 1.39 bits per heavy atom. The SMILES string of the molecule is C=CC(=O)OCOc1ccc(-c2ccc(OCOC(=O)C=C)c(F)c2F)cc1. The summed E-state index contributed by atoms with van der Waals surface area (Å²) < 4.78 is 47.8. The molecule has 0 heterocycles. The van der Waals surface area contributed by atoms with E-state index >= 15 is 0 Å². The molecule has 6 nitrogen and oxygen atoms in total. The molecule has 0 saturated heterocycles. The molecule has 0 radical (unpaired) electrons. The van der Waals surface area contributed by atoms with Crippen LogP contribution in [0.2, 0.25) is 0 Å². The van der Waals surface area contributed by atoms with Crippen molar-refractivity contribution in [1.82, 2.24) is 0 Å². The summed E-state index contributed by atoms with van der Waals surface area (Å²) >= 11 is 0. The van der Waals surface area contributed by atoms with E-state index in [-0.39, 0.29) is 12.4 Å². The molecule has 0 bridgehead atoms. The van der Waals surface area contributed by atoms with E-state index in [1.54, 1.807) is 0 Å². The van der Waals surface area contributed by atoms with Gasteiger partial charge in [-0.3, -0.25) is 0 Å². The normalized spacial score (nSPS) is 9.93. The van der Waals surface area contributed by atoms with Crippen LogP contribution in [0.4, 0.5) is 8.78 Å². The zero-order chi connectivity index (χ0) is 20.5. The summed E-state index contributed by atoms with van der Waals surface area (Å²) in [6, 6.07) is 8.57.